The maximum absolute atomic E-state index is 12.5. The highest BCUT2D eigenvalue weighted by Gasteiger charge is 2.16. The molecule has 0 saturated heterocycles. The summed E-state index contributed by atoms with van der Waals surface area (Å²) in [5.41, 5.74) is 2.36. The number of aromatic nitrogens is 3. The van der Waals surface area contributed by atoms with E-state index in [1.165, 1.54) is 12.3 Å². The molecule has 0 aliphatic carbocycles. The van der Waals surface area contributed by atoms with E-state index < -0.39 is 5.91 Å². The van der Waals surface area contributed by atoms with Gasteiger partial charge in [0.15, 0.2) is 5.65 Å². The minimum atomic E-state index is -0.464. The molecule has 1 N–H and O–H groups in total. The molecule has 1 aromatic carbocycles. The number of amides is 1. The zero-order valence-corrected chi connectivity index (χ0v) is 15.1. The minimum Gasteiger partial charge on any atom is -0.464 e. The number of fused-ring (bicyclic) bond motifs is 2. The number of furan rings is 1. The molecular formula is C19H17N5O3. The monoisotopic (exact) mass is 363 g/mol. The molecular weight excluding hydrogens is 346 g/mol. The van der Waals surface area contributed by atoms with Gasteiger partial charge in [-0.25, -0.2) is 0 Å². The number of rotatable bonds is 2. The first-order valence-corrected chi connectivity index (χ1v) is 8.29. The van der Waals surface area contributed by atoms with Gasteiger partial charge in [-0.15, -0.1) is 0 Å². The third-order valence-electron chi connectivity index (χ3n) is 4.40. The molecule has 27 heavy (non-hydrogen) atoms. The fourth-order valence-corrected chi connectivity index (χ4v) is 2.74. The van der Waals surface area contributed by atoms with Gasteiger partial charge in [0.2, 0.25) is 0 Å². The summed E-state index contributed by atoms with van der Waals surface area (Å²) in [6.07, 6.45) is 2.96. The van der Waals surface area contributed by atoms with E-state index in [1.807, 2.05) is 24.3 Å². The second-order valence-electron chi connectivity index (χ2n) is 6.37. The Balaban J connectivity index is 1.86. The number of carbonyl (C=O) groups is 1. The van der Waals surface area contributed by atoms with Crippen LogP contribution in [0.3, 0.4) is 0 Å². The Morgan fingerprint density at radius 2 is 2.07 bits per heavy atom. The first-order valence-electron chi connectivity index (χ1n) is 8.29. The zero-order valence-electron chi connectivity index (χ0n) is 15.1. The van der Waals surface area contributed by atoms with Crippen LogP contribution < -0.4 is 5.56 Å². The number of carbonyl (C=O) groups excluding carboxylic acids is 1. The molecule has 0 aliphatic rings. The number of aromatic amines is 1. The van der Waals surface area contributed by atoms with Crippen LogP contribution in [-0.2, 0) is 0 Å². The van der Waals surface area contributed by atoms with Crippen molar-refractivity contribution in [2.75, 3.05) is 14.1 Å². The summed E-state index contributed by atoms with van der Waals surface area (Å²) in [6.45, 7) is 1.73. The van der Waals surface area contributed by atoms with E-state index in [9.17, 15) is 9.59 Å². The van der Waals surface area contributed by atoms with Gasteiger partial charge in [0.1, 0.15) is 17.0 Å². The number of H-pyrrole nitrogens is 1. The molecule has 3 aromatic heterocycles. The van der Waals surface area contributed by atoms with E-state index in [0.29, 0.717) is 17.2 Å². The fraction of sp³-hybridized carbons (Fsp3) is 0.158. The van der Waals surface area contributed by atoms with E-state index in [4.69, 9.17) is 4.42 Å². The summed E-state index contributed by atoms with van der Waals surface area (Å²) in [4.78, 5) is 33.9. The molecule has 0 aliphatic heterocycles. The lowest BCUT2D eigenvalue weighted by molar-refractivity contribution is 0.100. The summed E-state index contributed by atoms with van der Waals surface area (Å²) in [5.74, 6) is 0.0950. The molecule has 8 nitrogen and oxygen atoms in total. The Hall–Kier alpha value is -3.68. The van der Waals surface area contributed by atoms with Crippen LogP contribution in [0, 0.1) is 0 Å². The van der Waals surface area contributed by atoms with Gasteiger partial charge < -0.3 is 14.3 Å². The predicted molar refractivity (Wildman–Crippen MR) is 102 cm³/mol. The second-order valence-corrected chi connectivity index (χ2v) is 6.37. The third kappa shape index (κ3) is 2.91. The van der Waals surface area contributed by atoms with E-state index in [1.54, 1.807) is 32.2 Å². The molecule has 0 fully saturated rings. The Morgan fingerprint density at radius 1 is 1.26 bits per heavy atom. The number of amidine groups is 1. The van der Waals surface area contributed by atoms with Crippen LogP contribution in [0.15, 0.2) is 57.0 Å². The van der Waals surface area contributed by atoms with E-state index >= 15 is 0 Å². The maximum atomic E-state index is 12.5. The minimum absolute atomic E-state index is 0.236. The van der Waals surface area contributed by atoms with Crippen molar-refractivity contribution in [2.45, 2.75) is 6.92 Å². The van der Waals surface area contributed by atoms with Gasteiger partial charge in [0.25, 0.3) is 11.5 Å². The van der Waals surface area contributed by atoms with E-state index in [0.717, 1.165) is 21.0 Å². The number of hydrogen-bond donors (Lipinski definition) is 1. The van der Waals surface area contributed by atoms with Crippen LogP contribution >= 0.6 is 0 Å². The summed E-state index contributed by atoms with van der Waals surface area (Å²) >= 11 is 0. The summed E-state index contributed by atoms with van der Waals surface area (Å²) < 4.78 is 6.51. The van der Waals surface area contributed by atoms with Crippen molar-refractivity contribution >= 4 is 28.4 Å². The number of nitrogens with zero attached hydrogens (tertiary/aromatic N) is 4. The number of benzene rings is 1. The molecule has 136 valence electrons. The molecule has 0 saturated carbocycles. The Bertz CT molecular complexity index is 1260. The lowest BCUT2D eigenvalue weighted by atomic mass is 10.1. The molecule has 0 atom stereocenters. The Morgan fingerprint density at radius 3 is 2.85 bits per heavy atom. The molecule has 0 spiro atoms. The number of hydrogen-bond acceptors (Lipinski definition) is 4. The summed E-state index contributed by atoms with van der Waals surface area (Å²) in [6, 6.07) is 8.89. The molecule has 3 heterocycles. The smallest absolute Gasteiger partial charge is 0.284 e. The van der Waals surface area contributed by atoms with Crippen LogP contribution in [0.2, 0.25) is 0 Å². The quantitative estimate of drug-likeness (QED) is 0.436. The second kappa shape index (κ2) is 6.24. The first kappa shape index (κ1) is 16.8. The Kier molecular flexibility index (Phi) is 3.88. The highest BCUT2D eigenvalue weighted by atomic mass is 16.3. The Labute approximate surface area is 153 Å². The van der Waals surface area contributed by atoms with Crippen LogP contribution in [0.25, 0.3) is 27.9 Å². The van der Waals surface area contributed by atoms with Crippen molar-refractivity contribution in [2.24, 2.45) is 4.99 Å². The predicted octanol–water partition coefficient (Wildman–Crippen LogP) is 2.56. The van der Waals surface area contributed by atoms with Gasteiger partial charge in [-0.1, -0.05) is 0 Å². The molecule has 0 bridgehead atoms. The standard InChI is InChI=1S/C19H17N5O3/c1-11(23(2)3)21-19(26)14-10-20-24-17(25)9-15(22-18(14)24)12-4-5-16-13(8-12)6-7-27-16/h4-10,22H,1-3H3/b21-11-. The van der Waals surface area contributed by atoms with Gasteiger partial charge in [-0.2, -0.15) is 14.6 Å². The highest BCUT2D eigenvalue weighted by Crippen LogP contribution is 2.24. The van der Waals surface area contributed by atoms with Crippen molar-refractivity contribution < 1.29 is 9.21 Å². The largest absolute Gasteiger partial charge is 0.464 e. The zero-order chi connectivity index (χ0) is 19.1. The molecule has 1 amide bonds. The molecule has 0 radical (unpaired) electrons. The highest BCUT2D eigenvalue weighted by molar-refractivity contribution is 6.06. The summed E-state index contributed by atoms with van der Waals surface area (Å²) in [7, 11) is 3.60. The van der Waals surface area contributed by atoms with Crippen molar-refractivity contribution in [3.63, 3.8) is 0 Å². The van der Waals surface area contributed by atoms with Crippen molar-refractivity contribution in [3.05, 3.63) is 58.7 Å². The average Bonchev–Trinajstić information content (AvgIpc) is 3.27. The van der Waals surface area contributed by atoms with Gasteiger partial charge in [-0.05, 0) is 36.8 Å². The van der Waals surface area contributed by atoms with Crippen LogP contribution in [0.4, 0.5) is 0 Å². The van der Waals surface area contributed by atoms with Gasteiger partial charge >= 0.3 is 0 Å². The van der Waals surface area contributed by atoms with Gasteiger partial charge in [0.05, 0.1) is 18.2 Å². The fourth-order valence-electron chi connectivity index (χ4n) is 2.74. The first-order chi connectivity index (χ1) is 12.9. The average molecular weight is 363 g/mol. The van der Waals surface area contributed by atoms with E-state index in [2.05, 4.69) is 15.1 Å². The number of aliphatic imine (C=N–C) groups is 1. The van der Waals surface area contributed by atoms with Gasteiger partial charge in [0, 0.05) is 25.5 Å². The normalized spacial score (nSPS) is 12.0. The van der Waals surface area contributed by atoms with Crippen LogP contribution in [-0.4, -0.2) is 45.3 Å². The summed E-state index contributed by atoms with van der Waals surface area (Å²) in [5, 5.41) is 4.94. The lowest BCUT2D eigenvalue weighted by Crippen LogP contribution is -2.20. The topological polar surface area (TPSA) is 96.0 Å². The molecule has 4 aromatic rings. The third-order valence-corrected chi connectivity index (χ3v) is 4.40. The van der Waals surface area contributed by atoms with Crippen LogP contribution in [0.5, 0.6) is 0 Å². The maximum Gasteiger partial charge on any atom is 0.284 e. The molecule has 0 unspecified atom stereocenters. The van der Waals surface area contributed by atoms with Crippen LogP contribution in [0.1, 0.15) is 17.3 Å². The molecule has 4 rings (SSSR count). The van der Waals surface area contributed by atoms with Crippen molar-refractivity contribution in [1.82, 2.24) is 19.5 Å². The van der Waals surface area contributed by atoms with Crippen molar-refractivity contribution in [3.8, 4) is 11.3 Å². The van der Waals surface area contributed by atoms with E-state index in [-0.39, 0.29) is 11.1 Å². The SMILES string of the molecule is C/C(=N/C(=O)c1cnn2c(=O)cc(-c3ccc4occc4c3)[nH]c12)N(C)C. The lowest BCUT2D eigenvalue weighted by Gasteiger charge is -2.10. The molecule has 8 heteroatoms. The number of nitrogens with one attached hydrogen (secondary N) is 1. The van der Waals surface area contributed by atoms with Crippen molar-refractivity contribution in [1.29, 1.82) is 0 Å². The van der Waals surface area contributed by atoms with Gasteiger partial charge in [-0.3, -0.25) is 9.59 Å².